The molecule has 0 fully saturated rings. The average molecular weight is 159 g/mol. The third-order valence-electron chi connectivity index (χ3n) is 1.22. The third kappa shape index (κ3) is 3.72. The maximum atomic E-state index is 10.6. The maximum absolute atomic E-state index is 10.6. The Morgan fingerprint density at radius 1 is 1.64 bits per heavy atom. The second-order valence-corrected chi connectivity index (χ2v) is 2.08. The number of ketones is 1. The first-order chi connectivity index (χ1) is 5.09. The summed E-state index contributed by atoms with van der Waals surface area (Å²) >= 11 is 0. The Hall–Kier alpha value is -0.900. The summed E-state index contributed by atoms with van der Waals surface area (Å²) < 4.78 is 4.71. The minimum absolute atomic E-state index is 0.0891. The van der Waals surface area contributed by atoms with Gasteiger partial charge in [0.2, 0.25) is 0 Å². The van der Waals surface area contributed by atoms with Gasteiger partial charge in [0.1, 0.15) is 11.7 Å². The summed E-state index contributed by atoms with van der Waals surface area (Å²) in [5.41, 5.74) is 0. The molecule has 0 aliphatic rings. The Kier molecular flexibility index (Phi) is 4.45. The summed E-state index contributed by atoms with van der Waals surface area (Å²) in [7, 11) is 0. The predicted octanol–water partition coefficient (Wildman–Crippen LogP) is 0.127. The highest BCUT2D eigenvalue weighted by Gasteiger charge is 2.21. The van der Waals surface area contributed by atoms with Crippen LogP contribution < -0.4 is 0 Å². The van der Waals surface area contributed by atoms with Crippen LogP contribution in [0.1, 0.15) is 6.92 Å². The molecule has 0 heterocycles. The molecule has 0 amide bonds. The van der Waals surface area contributed by atoms with Crippen LogP contribution in [0.3, 0.4) is 0 Å². The van der Waals surface area contributed by atoms with Crippen molar-refractivity contribution < 1.29 is 19.4 Å². The van der Waals surface area contributed by atoms with Gasteiger partial charge in [-0.25, -0.2) is 0 Å². The lowest BCUT2D eigenvalue weighted by molar-refractivity contribution is -0.148. The van der Waals surface area contributed by atoms with Crippen molar-refractivity contribution in [1.82, 2.24) is 0 Å². The minimum Gasteiger partial charge on any atom is -0.481 e. The van der Waals surface area contributed by atoms with Crippen molar-refractivity contribution in [2.45, 2.75) is 6.92 Å². The van der Waals surface area contributed by atoms with Crippen LogP contribution >= 0.6 is 0 Å². The lowest BCUT2D eigenvalue weighted by Crippen LogP contribution is -2.26. The molecule has 0 saturated carbocycles. The molecule has 0 aromatic rings. The first-order valence-electron chi connectivity index (χ1n) is 3.19. The number of carboxylic acid groups (broad SMARTS) is 1. The van der Waals surface area contributed by atoms with Crippen LogP contribution in [0.2, 0.25) is 0 Å². The standard InChI is InChI=1S/C7H11O4/c1-3-11-4-6(5(2)8)7(9)10/h6H,1,3-4H2,2H3,(H,9,10). The van der Waals surface area contributed by atoms with Crippen LogP contribution in [0.25, 0.3) is 0 Å². The molecule has 0 rings (SSSR count). The van der Waals surface area contributed by atoms with Crippen LogP contribution in [0.15, 0.2) is 0 Å². The van der Waals surface area contributed by atoms with Gasteiger partial charge in [-0.05, 0) is 13.8 Å². The highest BCUT2D eigenvalue weighted by atomic mass is 16.5. The number of hydrogen-bond donors (Lipinski definition) is 1. The number of ether oxygens (including phenoxy) is 1. The number of Topliss-reactive ketones (excluding diaryl/α,β-unsaturated/α-hetero) is 1. The van der Waals surface area contributed by atoms with E-state index in [0.717, 1.165) is 0 Å². The summed E-state index contributed by atoms with van der Waals surface area (Å²) in [5.74, 6) is -2.59. The normalized spacial score (nSPS) is 12.5. The third-order valence-corrected chi connectivity index (χ3v) is 1.22. The van der Waals surface area contributed by atoms with Gasteiger partial charge in [0.15, 0.2) is 0 Å². The van der Waals surface area contributed by atoms with Crippen LogP contribution in [-0.4, -0.2) is 30.1 Å². The van der Waals surface area contributed by atoms with Crippen molar-refractivity contribution in [2.24, 2.45) is 5.92 Å². The van der Waals surface area contributed by atoms with Crippen molar-refractivity contribution >= 4 is 11.8 Å². The second-order valence-electron chi connectivity index (χ2n) is 2.08. The number of carboxylic acids is 1. The SMILES string of the molecule is [CH2]COCC(C(C)=O)C(=O)O. The molecule has 0 aliphatic heterocycles. The highest BCUT2D eigenvalue weighted by molar-refractivity contribution is 5.96. The van der Waals surface area contributed by atoms with Crippen molar-refractivity contribution in [3.05, 3.63) is 6.92 Å². The lowest BCUT2D eigenvalue weighted by Gasteiger charge is -2.07. The van der Waals surface area contributed by atoms with Crippen molar-refractivity contribution in [3.63, 3.8) is 0 Å². The van der Waals surface area contributed by atoms with Crippen molar-refractivity contribution in [2.75, 3.05) is 13.2 Å². The molecule has 4 heteroatoms. The van der Waals surface area contributed by atoms with Gasteiger partial charge in [0, 0.05) is 6.61 Å². The summed E-state index contributed by atoms with van der Waals surface area (Å²) in [4.78, 5) is 20.9. The number of carbonyl (C=O) groups excluding carboxylic acids is 1. The summed E-state index contributed by atoms with van der Waals surface area (Å²) in [6, 6.07) is 0. The Morgan fingerprint density at radius 2 is 2.18 bits per heavy atom. The number of carbonyl (C=O) groups is 2. The monoisotopic (exact) mass is 159 g/mol. The second kappa shape index (κ2) is 4.85. The molecule has 0 saturated heterocycles. The van der Waals surface area contributed by atoms with E-state index in [1.165, 1.54) is 6.92 Å². The van der Waals surface area contributed by atoms with Crippen molar-refractivity contribution in [1.29, 1.82) is 0 Å². The van der Waals surface area contributed by atoms with E-state index in [1.54, 1.807) is 0 Å². The quantitative estimate of drug-likeness (QED) is 0.579. The van der Waals surface area contributed by atoms with E-state index in [9.17, 15) is 9.59 Å². The summed E-state index contributed by atoms with van der Waals surface area (Å²) in [5, 5.41) is 8.45. The minimum atomic E-state index is -1.15. The van der Waals surface area contributed by atoms with Gasteiger partial charge in [-0.2, -0.15) is 0 Å². The molecule has 1 radical (unpaired) electrons. The van der Waals surface area contributed by atoms with Gasteiger partial charge in [-0.1, -0.05) is 0 Å². The molecule has 1 unspecified atom stereocenters. The number of aliphatic carboxylic acids is 1. The zero-order valence-corrected chi connectivity index (χ0v) is 6.37. The van der Waals surface area contributed by atoms with E-state index < -0.39 is 17.7 Å². The van der Waals surface area contributed by atoms with E-state index >= 15 is 0 Å². The van der Waals surface area contributed by atoms with Crippen LogP contribution in [-0.2, 0) is 14.3 Å². The van der Waals surface area contributed by atoms with Crippen LogP contribution in [0, 0.1) is 12.8 Å². The van der Waals surface area contributed by atoms with Crippen molar-refractivity contribution in [3.8, 4) is 0 Å². The molecule has 1 N–H and O–H groups in total. The molecule has 1 atom stereocenters. The topological polar surface area (TPSA) is 63.6 Å². The Balaban J connectivity index is 3.90. The Labute approximate surface area is 65.2 Å². The Bertz CT molecular complexity index is 139. The zero-order chi connectivity index (χ0) is 8.85. The van der Waals surface area contributed by atoms with E-state index in [-0.39, 0.29) is 13.2 Å². The van der Waals surface area contributed by atoms with Gasteiger partial charge in [0.05, 0.1) is 6.61 Å². The van der Waals surface area contributed by atoms with E-state index in [0.29, 0.717) is 0 Å². The molecule has 0 aliphatic carbocycles. The Morgan fingerprint density at radius 3 is 2.45 bits per heavy atom. The first kappa shape index (κ1) is 10.1. The van der Waals surface area contributed by atoms with E-state index in [2.05, 4.69) is 6.92 Å². The van der Waals surface area contributed by atoms with E-state index in [1.807, 2.05) is 0 Å². The first-order valence-corrected chi connectivity index (χ1v) is 3.19. The maximum Gasteiger partial charge on any atom is 0.316 e. The van der Waals surface area contributed by atoms with Gasteiger partial charge in [-0.3, -0.25) is 9.59 Å². The van der Waals surface area contributed by atoms with Gasteiger partial charge in [0.25, 0.3) is 0 Å². The van der Waals surface area contributed by atoms with Gasteiger partial charge < -0.3 is 9.84 Å². The van der Waals surface area contributed by atoms with Crippen LogP contribution in [0.5, 0.6) is 0 Å². The summed E-state index contributed by atoms with van der Waals surface area (Å²) in [6.07, 6.45) is 0. The number of hydrogen-bond acceptors (Lipinski definition) is 3. The fraction of sp³-hybridized carbons (Fsp3) is 0.571. The molecular weight excluding hydrogens is 148 g/mol. The predicted molar refractivity (Wildman–Crippen MR) is 38.0 cm³/mol. The fourth-order valence-corrected chi connectivity index (χ4v) is 0.564. The molecule has 4 nitrogen and oxygen atoms in total. The molecule has 63 valence electrons. The lowest BCUT2D eigenvalue weighted by atomic mass is 10.1. The van der Waals surface area contributed by atoms with Crippen LogP contribution in [0.4, 0.5) is 0 Å². The molecular formula is C7H11O4. The molecule has 11 heavy (non-hydrogen) atoms. The van der Waals surface area contributed by atoms with Gasteiger partial charge >= 0.3 is 5.97 Å². The fourth-order valence-electron chi connectivity index (χ4n) is 0.564. The average Bonchev–Trinajstić information content (AvgIpc) is 1.87. The largest absolute Gasteiger partial charge is 0.481 e. The molecule has 0 aromatic heterocycles. The smallest absolute Gasteiger partial charge is 0.316 e. The number of rotatable bonds is 5. The molecule has 0 bridgehead atoms. The summed E-state index contributed by atoms with van der Waals surface area (Å²) in [6.45, 7) is 4.67. The van der Waals surface area contributed by atoms with E-state index in [4.69, 9.17) is 9.84 Å². The molecule has 0 aromatic carbocycles. The van der Waals surface area contributed by atoms with Gasteiger partial charge in [-0.15, -0.1) is 0 Å². The molecule has 0 spiro atoms. The zero-order valence-electron chi connectivity index (χ0n) is 6.37. The highest BCUT2D eigenvalue weighted by Crippen LogP contribution is 1.98.